The number of anilines is 1. The van der Waals surface area contributed by atoms with Gasteiger partial charge < -0.3 is 10.1 Å². The summed E-state index contributed by atoms with van der Waals surface area (Å²) in [5.41, 5.74) is 0.612. The largest absolute Gasteiger partial charge is 0.381 e. The number of ether oxygens (including phenoxy) is 1. The highest BCUT2D eigenvalue weighted by Gasteiger charge is 2.35. The molecule has 0 spiro atoms. The fourth-order valence-electron chi connectivity index (χ4n) is 3.74. The van der Waals surface area contributed by atoms with Crippen LogP contribution in [0.15, 0.2) is 54.6 Å². The van der Waals surface area contributed by atoms with E-state index in [-0.39, 0.29) is 16.8 Å². The summed E-state index contributed by atoms with van der Waals surface area (Å²) < 4.78 is 31.0. The normalized spacial score (nSPS) is 15.8. The van der Waals surface area contributed by atoms with Gasteiger partial charge in [-0.25, -0.2) is 8.42 Å². The standard InChI is InChI=1S/C21H25N3O6S/c1-31(28,29)23(18-8-5-9-19(14-18)24(26)27)15-20(25)22-16-21(10-12-30-13-11-21)17-6-3-2-4-7-17/h2-9,14H,10-13,15-16H2,1H3,(H,22,25). The molecule has 1 N–H and O–H groups in total. The molecule has 1 amide bonds. The van der Waals surface area contributed by atoms with Gasteiger partial charge in [0.25, 0.3) is 5.69 Å². The molecule has 1 aliphatic heterocycles. The Bertz CT molecular complexity index is 1040. The van der Waals surface area contributed by atoms with Crippen LogP contribution in [0.4, 0.5) is 11.4 Å². The number of amides is 1. The van der Waals surface area contributed by atoms with E-state index in [4.69, 9.17) is 4.74 Å². The summed E-state index contributed by atoms with van der Waals surface area (Å²) >= 11 is 0. The first-order chi connectivity index (χ1) is 14.7. The van der Waals surface area contributed by atoms with Crippen LogP contribution < -0.4 is 9.62 Å². The number of non-ortho nitro benzene ring substituents is 1. The van der Waals surface area contributed by atoms with Crippen LogP contribution in [-0.2, 0) is 25.0 Å². The van der Waals surface area contributed by atoms with Crippen molar-refractivity contribution in [3.63, 3.8) is 0 Å². The lowest BCUT2D eigenvalue weighted by atomic mass is 9.74. The van der Waals surface area contributed by atoms with Crippen molar-refractivity contribution in [2.24, 2.45) is 0 Å². The van der Waals surface area contributed by atoms with E-state index < -0.39 is 27.4 Å². The van der Waals surface area contributed by atoms with Gasteiger partial charge in [-0.3, -0.25) is 19.2 Å². The van der Waals surface area contributed by atoms with Crippen LogP contribution in [-0.4, -0.2) is 51.8 Å². The fraction of sp³-hybridized carbons (Fsp3) is 0.381. The zero-order valence-corrected chi connectivity index (χ0v) is 18.0. The number of carbonyl (C=O) groups is 1. The quantitative estimate of drug-likeness (QED) is 0.490. The lowest BCUT2D eigenvalue weighted by Gasteiger charge is -2.38. The average Bonchev–Trinajstić information content (AvgIpc) is 2.76. The molecule has 1 saturated heterocycles. The number of hydrogen-bond donors (Lipinski definition) is 1. The Labute approximate surface area is 181 Å². The van der Waals surface area contributed by atoms with Crippen molar-refractivity contribution in [2.75, 3.05) is 36.9 Å². The Balaban J connectivity index is 1.77. The minimum Gasteiger partial charge on any atom is -0.381 e. The summed E-state index contributed by atoms with van der Waals surface area (Å²) in [5, 5.41) is 13.9. The van der Waals surface area contributed by atoms with E-state index in [0.717, 1.165) is 35.0 Å². The molecule has 2 aromatic rings. The van der Waals surface area contributed by atoms with Crippen molar-refractivity contribution < 1.29 is 22.9 Å². The Morgan fingerprint density at radius 2 is 1.84 bits per heavy atom. The van der Waals surface area contributed by atoms with Gasteiger partial charge in [0.2, 0.25) is 15.9 Å². The van der Waals surface area contributed by atoms with E-state index in [1.807, 2.05) is 30.3 Å². The summed E-state index contributed by atoms with van der Waals surface area (Å²) in [5.74, 6) is -0.487. The highest BCUT2D eigenvalue weighted by Crippen LogP contribution is 2.34. The molecular weight excluding hydrogens is 422 g/mol. The summed E-state index contributed by atoms with van der Waals surface area (Å²) in [7, 11) is -3.84. The van der Waals surface area contributed by atoms with Gasteiger partial charge in [0.1, 0.15) is 6.54 Å². The number of rotatable bonds is 8. The molecule has 3 rings (SSSR count). The van der Waals surface area contributed by atoms with Crippen molar-refractivity contribution in [3.05, 3.63) is 70.3 Å². The lowest BCUT2D eigenvalue weighted by Crippen LogP contribution is -2.47. The molecule has 0 saturated carbocycles. The van der Waals surface area contributed by atoms with Gasteiger partial charge in [-0.1, -0.05) is 36.4 Å². The number of carbonyl (C=O) groups excluding carboxylic acids is 1. The second-order valence-corrected chi connectivity index (χ2v) is 9.49. The Hall–Kier alpha value is -2.98. The second kappa shape index (κ2) is 9.44. The smallest absolute Gasteiger partial charge is 0.271 e. The minimum absolute atomic E-state index is 0.0655. The Kier molecular flexibility index (Phi) is 6.91. The van der Waals surface area contributed by atoms with E-state index >= 15 is 0 Å². The molecule has 0 atom stereocenters. The Morgan fingerprint density at radius 1 is 1.16 bits per heavy atom. The van der Waals surface area contributed by atoms with Crippen molar-refractivity contribution >= 4 is 27.3 Å². The van der Waals surface area contributed by atoms with Crippen LogP contribution in [0.25, 0.3) is 0 Å². The SMILES string of the molecule is CS(=O)(=O)N(CC(=O)NCC1(c2ccccc2)CCOCC1)c1cccc([N+](=O)[O-])c1. The number of sulfonamides is 1. The molecule has 0 bridgehead atoms. The Morgan fingerprint density at radius 3 is 2.45 bits per heavy atom. The van der Waals surface area contributed by atoms with Gasteiger partial charge in [0, 0.05) is 37.3 Å². The van der Waals surface area contributed by atoms with Gasteiger partial charge >= 0.3 is 0 Å². The zero-order chi connectivity index (χ0) is 22.5. The molecule has 166 valence electrons. The van der Waals surface area contributed by atoms with Gasteiger partial charge in [-0.05, 0) is 24.5 Å². The van der Waals surface area contributed by atoms with Gasteiger partial charge in [-0.2, -0.15) is 0 Å². The van der Waals surface area contributed by atoms with Crippen LogP contribution in [0.1, 0.15) is 18.4 Å². The fourth-order valence-corrected chi connectivity index (χ4v) is 4.59. The van der Waals surface area contributed by atoms with Crippen LogP contribution in [0.3, 0.4) is 0 Å². The number of hydrogen-bond acceptors (Lipinski definition) is 6. The molecule has 1 heterocycles. The van der Waals surface area contributed by atoms with E-state index in [0.29, 0.717) is 19.8 Å². The monoisotopic (exact) mass is 447 g/mol. The molecule has 0 unspecified atom stereocenters. The van der Waals surface area contributed by atoms with Crippen LogP contribution >= 0.6 is 0 Å². The van der Waals surface area contributed by atoms with Crippen LogP contribution in [0, 0.1) is 10.1 Å². The minimum atomic E-state index is -3.84. The maximum Gasteiger partial charge on any atom is 0.271 e. The summed E-state index contributed by atoms with van der Waals surface area (Å²) in [6.07, 6.45) is 2.43. The van der Waals surface area contributed by atoms with E-state index in [9.17, 15) is 23.3 Å². The maximum atomic E-state index is 12.7. The third-order valence-corrected chi connectivity index (χ3v) is 6.62. The molecule has 31 heavy (non-hydrogen) atoms. The van der Waals surface area contributed by atoms with Crippen molar-refractivity contribution in [3.8, 4) is 0 Å². The highest BCUT2D eigenvalue weighted by molar-refractivity contribution is 7.92. The highest BCUT2D eigenvalue weighted by atomic mass is 32.2. The summed E-state index contributed by atoms with van der Waals surface area (Å²) in [6, 6.07) is 15.1. The second-order valence-electron chi connectivity index (χ2n) is 7.58. The van der Waals surface area contributed by atoms with E-state index in [2.05, 4.69) is 5.32 Å². The van der Waals surface area contributed by atoms with Crippen molar-refractivity contribution in [2.45, 2.75) is 18.3 Å². The molecular formula is C21H25N3O6S. The third-order valence-electron chi connectivity index (χ3n) is 5.48. The number of nitrogens with one attached hydrogen (secondary N) is 1. The van der Waals surface area contributed by atoms with Crippen LogP contribution in [0.2, 0.25) is 0 Å². The van der Waals surface area contributed by atoms with Gasteiger partial charge in [0.15, 0.2) is 0 Å². The molecule has 10 heteroatoms. The molecule has 2 aromatic carbocycles. The maximum absolute atomic E-state index is 12.7. The molecule has 1 aliphatic rings. The molecule has 1 fully saturated rings. The summed E-state index contributed by atoms with van der Waals surface area (Å²) in [4.78, 5) is 23.2. The first-order valence-corrected chi connectivity index (χ1v) is 11.7. The van der Waals surface area contributed by atoms with E-state index in [1.54, 1.807) is 0 Å². The molecule has 0 aromatic heterocycles. The van der Waals surface area contributed by atoms with Crippen molar-refractivity contribution in [1.82, 2.24) is 5.32 Å². The number of nitrogens with zero attached hydrogens (tertiary/aromatic N) is 2. The molecule has 0 radical (unpaired) electrons. The number of nitro groups is 1. The third kappa shape index (κ3) is 5.59. The molecule has 0 aliphatic carbocycles. The number of nitro benzene ring substituents is 1. The predicted octanol–water partition coefficient (Wildman–Crippen LogP) is 2.23. The molecule has 9 nitrogen and oxygen atoms in total. The predicted molar refractivity (Wildman–Crippen MR) is 116 cm³/mol. The summed E-state index contributed by atoms with van der Waals surface area (Å²) in [6.45, 7) is 1.02. The van der Waals surface area contributed by atoms with Crippen molar-refractivity contribution in [1.29, 1.82) is 0 Å². The van der Waals surface area contributed by atoms with Gasteiger partial charge in [0.05, 0.1) is 16.9 Å². The van der Waals surface area contributed by atoms with E-state index in [1.165, 1.54) is 18.2 Å². The first-order valence-electron chi connectivity index (χ1n) is 9.83. The topological polar surface area (TPSA) is 119 Å². The van der Waals surface area contributed by atoms with Crippen LogP contribution in [0.5, 0.6) is 0 Å². The number of benzene rings is 2. The average molecular weight is 448 g/mol. The van der Waals surface area contributed by atoms with Gasteiger partial charge in [-0.15, -0.1) is 0 Å². The zero-order valence-electron chi connectivity index (χ0n) is 17.2. The first kappa shape index (κ1) is 22.7. The lowest BCUT2D eigenvalue weighted by molar-refractivity contribution is -0.384.